The molecule has 1 aliphatic heterocycles. The van der Waals surface area contributed by atoms with Crippen molar-refractivity contribution in [2.45, 2.75) is 33.4 Å². The summed E-state index contributed by atoms with van der Waals surface area (Å²) >= 11 is 22.2. The molecule has 0 radical (unpaired) electrons. The number of benzene rings is 3. The van der Waals surface area contributed by atoms with Crippen molar-refractivity contribution in [2.75, 3.05) is 13.2 Å². The number of carbonyl (C=O) groups excluding carboxylic acids is 1. The van der Waals surface area contributed by atoms with E-state index in [1.807, 2.05) is 31.2 Å². The lowest BCUT2D eigenvalue weighted by atomic mass is 9.96. The van der Waals surface area contributed by atoms with Crippen LogP contribution in [0.15, 0.2) is 75.7 Å². The Balaban J connectivity index is 1.63. The smallest absolute Gasteiger partial charge is 0.338 e. The molecule has 44 heavy (non-hydrogen) atoms. The van der Waals surface area contributed by atoms with E-state index in [0.717, 1.165) is 14.7 Å². The van der Waals surface area contributed by atoms with Gasteiger partial charge in [0.25, 0.3) is 5.56 Å². The highest BCUT2D eigenvalue weighted by atomic mass is 127. The Morgan fingerprint density at radius 1 is 1.02 bits per heavy atom. The molecule has 2 heterocycles. The number of nitrogens with zero attached hydrogens (tertiary/aromatic N) is 2. The van der Waals surface area contributed by atoms with Crippen molar-refractivity contribution in [3.8, 4) is 11.5 Å². The fraction of sp³-hybridized carbons (Fsp3) is 0.219. The summed E-state index contributed by atoms with van der Waals surface area (Å²) in [5.74, 6) is 0.700. The zero-order chi connectivity index (χ0) is 31.5. The number of thiazole rings is 1. The standard InChI is InChI=1S/C32H26Cl3IN2O5S/c1-4-41-23-10-7-18(8-11-23)28-27(31(40)42-5-2)17(3)37-32-38(28)30(39)26(44-32)13-20-12-22(34)15-25(36)29(20)43-16-19-6-9-21(33)14-24(19)35/h6-15,28H,4-5,16H2,1-3H3/b26-13-/t28-/m0/s1. The third kappa shape index (κ3) is 6.87. The number of ether oxygens (including phenoxy) is 3. The summed E-state index contributed by atoms with van der Waals surface area (Å²) in [4.78, 5) is 32.4. The van der Waals surface area contributed by atoms with Crippen molar-refractivity contribution < 1.29 is 19.0 Å². The number of allylic oxidation sites excluding steroid dienone is 1. The van der Waals surface area contributed by atoms with E-state index in [2.05, 4.69) is 27.6 Å². The molecule has 0 N–H and O–H groups in total. The van der Waals surface area contributed by atoms with Gasteiger partial charge in [-0.2, -0.15) is 0 Å². The molecule has 5 rings (SSSR count). The van der Waals surface area contributed by atoms with Gasteiger partial charge >= 0.3 is 5.97 Å². The molecule has 12 heteroatoms. The van der Waals surface area contributed by atoms with Crippen LogP contribution in [0.3, 0.4) is 0 Å². The normalized spacial score (nSPS) is 14.7. The fourth-order valence-electron chi connectivity index (χ4n) is 4.79. The highest BCUT2D eigenvalue weighted by Crippen LogP contribution is 2.33. The van der Waals surface area contributed by atoms with Crippen LogP contribution in [0.25, 0.3) is 6.08 Å². The number of carbonyl (C=O) groups is 1. The first kappa shape index (κ1) is 32.6. The number of rotatable bonds is 9. The van der Waals surface area contributed by atoms with Gasteiger partial charge in [0.2, 0.25) is 0 Å². The molecule has 3 aromatic carbocycles. The van der Waals surface area contributed by atoms with E-state index in [1.54, 1.807) is 50.3 Å². The molecule has 0 aliphatic carbocycles. The summed E-state index contributed by atoms with van der Waals surface area (Å²) in [5.41, 5.74) is 2.55. The first-order chi connectivity index (χ1) is 21.1. The molecule has 0 saturated carbocycles. The van der Waals surface area contributed by atoms with Crippen molar-refractivity contribution >= 4 is 80.8 Å². The monoisotopic (exact) mass is 782 g/mol. The van der Waals surface area contributed by atoms with Crippen LogP contribution in [0.5, 0.6) is 11.5 Å². The minimum atomic E-state index is -0.745. The zero-order valence-corrected chi connectivity index (χ0v) is 29.1. The maximum atomic E-state index is 14.1. The number of hydrogen-bond acceptors (Lipinski definition) is 7. The Bertz CT molecular complexity index is 1950. The first-order valence-corrected chi connectivity index (χ1v) is 16.6. The molecule has 0 fully saturated rings. The van der Waals surface area contributed by atoms with Gasteiger partial charge in [0, 0.05) is 26.2 Å². The van der Waals surface area contributed by atoms with Gasteiger partial charge < -0.3 is 14.2 Å². The van der Waals surface area contributed by atoms with E-state index >= 15 is 0 Å². The zero-order valence-electron chi connectivity index (χ0n) is 23.8. The highest BCUT2D eigenvalue weighted by molar-refractivity contribution is 14.1. The third-order valence-electron chi connectivity index (χ3n) is 6.73. The van der Waals surface area contributed by atoms with Crippen LogP contribution >= 0.6 is 68.7 Å². The highest BCUT2D eigenvalue weighted by Gasteiger charge is 2.33. The molecule has 0 saturated heterocycles. The predicted molar refractivity (Wildman–Crippen MR) is 183 cm³/mol. The van der Waals surface area contributed by atoms with Crippen LogP contribution in [0.1, 0.15) is 43.5 Å². The molecule has 0 spiro atoms. The van der Waals surface area contributed by atoms with Crippen LogP contribution < -0.4 is 24.4 Å². The minimum Gasteiger partial charge on any atom is -0.494 e. The van der Waals surface area contributed by atoms with Gasteiger partial charge in [-0.15, -0.1) is 0 Å². The summed E-state index contributed by atoms with van der Waals surface area (Å²) in [6, 6.07) is 15.3. The lowest BCUT2D eigenvalue weighted by Crippen LogP contribution is -2.39. The Morgan fingerprint density at radius 2 is 1.77 bits per heavy atom. The predicted octanol–water partition coefficient (Wildman–Crippen LogP) is 7.34. The van der Waals surface area contributed by atoms with Crippen LogP contribution in [-0.2, 0) is 16.1 Å². The Kier molecular flexibility index (Phi) is 10.4. The topological polar surface area (TPSA) is 79.1 Å². The summed E-state index contributed by atoms with van der Waals surface area (Å²) in [6.07, 6.45) is 1.73. The summed E-state index contributed by atoms with van der Waals surface area (Å²) in [7, 11) is 0. The molecule has 228 valence electrons. The lowest BCUT2D eigenvalue weighted by molar-refractivity contribution is -0.139. The second-order valence-corrected chi connectivity index (χ2v) is 13.1. The van der Waals surface area contributed by atoms with Crippen LogP contribution in [-0.4, -0.2) is 23.8 Å². The average molecular weight is 784 g/mol. The number of fused-ring (bicyclic) bond motifs is 1. The van der Waals surface area contributed by atoms with Gasteiger partial charge in [-0.05, 0) is 91.4 Å². The maximum Gasteiger partial charge on any atom is 0.338 e. The summed E-state index contributed by atoms with van der Waals surface area (Å²) in [5, 5.41) is 1.50. The van der Waals surface area contributed by atoms with Crippen LogP contribution in [0, 0.1) is 3.57 Å². The van der Waals surface area contributed by atoms with Gasteiger partial charge in [-0.1, -0.05) is 64.3 Å². The van der Waals surface area contributed by atoms with Gasteiger partial charge in [0.05, 0.1) is 38.6 Å². The van der Waals surface area contributed by atoms with E-state index in [9.17, 15) is 9.59 Å². The molecule has 0 bridgehead atoms. The van der Waals surface area contributed by atoms with Crippen molar-refractivity contribution in [3.63, 3.8) is 0 Å². The summed E-state index contributed by atoms with van der Waals surface area (Å²) < 4.78 is 19.9. The first-order valence-electron chi connectivity index (χ1n) is 13.6. The van der Waals surface area contributed by atoms with Gasteiger partial charge in [0.1, 0.15) is 18.1 Å². The Morgan fingerprint density at radius 3 is 2.45 bits per heavy atom. The molecule has 0 amide bonds. The van der Waals surface area contributed by atoms with Crippen molar-refractivity contribution in [3.05, 3.63) is 121 Å². The molecule has 1 atom stereocenters. The third-order valence-corrected chi connectivity index (χ3v) is 9.32. The molecular weight excluding hydrogens is 758 g/mol. The largest absolute Gasteiger partial charge is 0.494 e. The number of esters is 1. The van der Waals surface area contributed by atoms with Crippen molar-refractivity contribution in [1.82, 2.24) is 4.57 Å². The lowest BCUT2D eigenvalue weighted by Gasteiger charge is -2.24. The van der Waals surface area contributed by atoms with Crippen molar-refractivity contribution in [2.24, 2.45) is 4.99 Å². The number of aromatic nitrogens is 1. The minimum absolute atomic E-state index is 0.176. The fourth-order valence-corrected chi connectivity index (χ4v) is 7.50. The summed E-state index contributed by atoms with van der Waals surface area (Å²) in [6.45, 7) is 6.27. The van der Waals surface area contributed by atoms with E-state index < -0.39 is 12.0 Å². The maximum absolute atomic E-state index is 14.1. The van der Waals surface area contributed by atoms with Gasteiger partial charge in [-0.3, -0.25) is 9.36 Å². The Hall–Kier alpha value is -2.83. The quantitative estimate of drug-likeness (QED) is 0.131. The molecule has 0 unspecified atom stereocenters. The van der Waals surface area contributed by atoms with Crippen LogP contribution in [0.2, 0.25) is 15.1 Å². The number of halogens is 4. The molecular formula is C32H26Cl3IN2O5S. The van der Waals surface area contributed by atoms with Crippen molar-refractivity contribution in [1.29, 1.82) is 0 Å². The van der Waals surface area contributed by atoms with Gasteiger partial charge in [0.15, 0.2) is 4.80 Å². The molecule has 7 nitrogen and oxygen atoms in total. The SMILES string of the molecule is CCOC(=O)C1=C(C)N=c2s/c(=C\c3cc(Cl)cc(I)c3OCc3ccc(Cl)cc3Cl)c(=O)n2[C@H]1c1ccc(OCC)cc1. The number of hydrogen-bond donors (Lipinski definition) is 0. The molecule has 1 aliphatic rings. The second kappa shape index (κ2) is 14.1. The van der Waals surface area contributed by atoms with Crippen LogP contribution in [0.4, 0.5) is 0 Å². The molecule has 4 aromatic rings. The average Bonchev–Trinajstić information content (AvgIpc) is 3.27. The van der Waals surface area contributed by atoms with E-state index in [0.29, 0.717) is 59.3 Å². The second-order valence-electron chi connectivity index (χ2n) is 9.63. The molecule has 1 aromatic heterocycles. The van der Waals surface area contributed by atoms with E-state index in [-0.39, 0.29) is 18.8 Å². The van der Waals surface area contributed by atoms with Gasteiger partial charge in [-0.25, -0.2) is 9.79 Å². The van der Waals surface area contributed by atoms with E-state index in [1.165, 1.54) is 15.9 Å². The van der Waals surface area contributed by atoms with E-state index in [4.69, 9.17) is 49.0 Å². The Labute approximate surface area is 286 Å².